The van der Waals surface area contributed by atoms with Crippen LogP contribution in [-0.4, -0.2) is 37.8 Å². The molecular weight excluding hydrogens is 262 g/mol. The molecule has 0 aliphatic rings. The van der Waals surface area contributed by atoms with Crippen molar-refractivity contribution in [3.63, 3.8) is 0 Å². The SMILES string of the molecule is CCCC(C)(NC(=O)Nc1nnc(C)c(C)n1)C(=O)O. The van der Waals surface area contributed by atoms with Crippen LogP contribution in [0.3, 0.4) is 0 Å². The Balaban J connectivity index is 2.75. The van der Waals surface area contributed by atoms with E-state index in [4.69, 9.17) is 0 Å². The number of amides is 2. The maximum atomic E-state index is 11.8. The quantitative estimate of drug-likeness (QED) is 0.747. The summed E-state index contributed by atoms with van der Waals surface area (Å²) in [5.74, 6) is -1.05. The minimum absolute atomic E-state index is 0.0369. The maximum Gasteiger partial charge on any atom is 0.329 e. The van der Waals surface area contributed by atoms with E-state index in [-0.39, 0.29) is 5.95 Å². The van der Waals surface area contributed by atoms with Gasteiger partial charge in [-0.3, -0.25) is 5.32 Å². The first kappa shape index (κ1) is 15.8. The lowest BCUT2D eigenvalue weighted by molar-refractivity contribution is -0.143. The van der Waals surface area contributed by atoms with Crippen molar-refractivity contribution in [1.29, 1.82) is 0 Å². The Hall–Kier alpha value is -2.25. The Morgan fingerprint density at radius 1 is 1.25 bits per heavy atom. The summed E-state index contributed by atoms with van der Waals surface area (Å²) in [4.78, 5) is 27.1. The van der Waals surface area contributed by atoms with E-state index in [1.54, 1.807) is 13.8 Å². The summed E-state index contributed by atoms with van der Waals surface area (Å²) in [6.07, 6.45) is 0.951. The van der Waals surface area contributed by atoms with Gasteiger partial charge in [-0.1, -0.05) is 13.3 Å². The molecule has 1 rings (SSSR count). The van der Waals surface area contributed by atoms with Gasteiger partial charge in [-0.05, 0) is 27.2 Å². The zero-order valence-electron chi connectivity index (χ0n) is 12.0. The van der Waals surface area contributed by atoms with Crippen molar-refractivity contribution in [1.82, 2.24) is 20.5 Å². The lowest BCUT2D eigenvalue weighted by Gasteiger charge is -2.25. The highest BCUT2D eigenvalue weighted by Gasteiger charge is 2.34. The number of urea groups is 1. The number of nitrogens with zero attached hydrogens (tertiary/aromatic N) is 3. The van der Waals surface area contributed by atoms with Crippen LogP contribution in [0.5, 0.6) is 0 Å². The molecule has 0 radical (unpaired) electrons. The highest BCUT2D eigenvalue weighted by Crippen LogP contribution is 2.13. The molecule has 2 amide bonds. The molecule has 0 aliphatic carbocycles. The molecule has 8 nitrogen and oxygen atoms in total. The van der Waals surface area contributed by atoms with Crippen molar-refractivity contribution in [3.8, 4) is 0 Å². The van der Waals surface area contributed by atoms with Gasteiger partial charge < -0.3 is 10.4 Å². The smallest absolute Gasteiger partial charge is 0.329 e. The summed E-state index contributed by atoms with van der Waals surface area (Å²) in [6.45, 7) is 6.79. The summed E-state index contributed by atoms with van der Waals surface area (Å²) in [5, 5.41) is 21.5. The first-order valence-corrected chi connectivity index (χ1v) is 6.29. The minimum atomic E-state index is -1.33. The van der Waals surface area contributed by atoms with E-state index in [0.29, 0.717) is 24.2 Å². The van der Waals surface area contributed by atoms with E-state index < -0.39 is 17.5 Å². The zero-order valence-corrected chi connectivity index (χ0v) is 12.0. The molecule has 0 bridgehead atoms. The van der Waals surface area contributed by atoms with E-state index in [1.165, 1.54) is 6.92 Å². The number of hydrogen-bond donors (Lipinski definition) is 3. The molecule has 110 valence electrons. The Morgan fingerprint density at radius 2 is 1.90 bits per heavy atom. The van der Waals surface area contributed by atoms with E-state index in [9.17, 15) is 14.7 Å². The summed E-state index contributed by atoms with van der Waals surface area (Å²) < 4.78 is 0. The average Bonchev–Trinajstić information content (AvgIpc) is 2.33. The third kappa shape index (κ3) is 3.87. The molecular formula is C12H19N5O3. The van der Waals surface area contributed by atoms with Crippen LogP contribution < -0.4 is 10.6 Å². The molecule has 1 aromatic rings. The highest BCUT2D eigenvalue weighted by molar-refractivity contribution is 5.92. The fourth-order valence-electron chi connectivity index (χ4n) is 1.62. The van der Waals surface area contributed by atoms with E-state index >= 15 is 0 Å². The maximum absolute atomic E-state index is 11.8. The lowest BCUT2D eigenvalue weighted by Crippen LogP contribution is -2.53. The second kappa shape index (κ2) is 6.27. The van der Waals surface area contributed by atoms with Crippen molar-refractivity contribution in [2.24, 2.45) is 0 Å². The molecule has 0 saturated heterocycles. The van der Waals surface area contributed by atoms with Crippen LogP contribution in [0.4, 0.5) is 10.7 Å². The molecule has 1 heterocycles. The molecule has 1 aromatic heterocycles. The van der Waals surface area contributed by atoms with Gasteiger partial charge in [0, 0.05) is 0 Å². The largest absolute Gasteiger partial charge is 0.480 e. The molecule has 0 fully saturated rings. The van der Waals surface area contributed by atoms with Crippen LogP contribution in [0.15, 0.2) is 0 Å². The molecule has 0 saturated carbocycles. The minimum Gasteiger partial charge on any atom is -0.480 e. The monoisotopic (exact) mass is 281 g/mol. The number of carbonyl (C=O) groups is 2. The first-order valence-electron chi connectivity index (χ1n) is 6.29. The zero-order chi connectivity index (χ0) is 15.3. The summed E-state index contributed by atoms with van der Waals surface area (Å²) in [5.41, 5.74) is -0.0198. The third-order valence-electron chi connectivity index (χ3n) is 2.93. The van der Waals surface area contributed by atoms with Crippen molar-refractivity contribution in [3.05, 3.63) is 11.4 Å². The second-order valence-electron chi connectivity index (χ2n) is 4.77. The van der Waals surface area contributed by atoms with Gasteiger partial charge in [0.25, 0.3) is 5.95 Å². The predicted molar refractivity (Wildman–Crippen MR) is 72.4 cm³/mol. The van der Waals surface area contributed by atoms with Gasteiger partial charge in [0.2, 0.25) is 0 Å². The number of rotatable bonds is 5. The van der Waals surface area contributed by atoms with Gasteiger partial charge in [-0.25, -0.2) is 14.6 Å². The first-order chi connectivity index (χ1) is 9.28. The Bertz CT molecular complexity index is 520. The van der Waals surface area contributed by atoms with Gasteiger partial charge in [0.15, 0.2) is 0 Å². The number of aryl methyl sites for hydroxylation is 2. The molecule has 1 atom stereocenters. The molecule has 3 N–H and O–H groups in total. The van der Waals surface area contributed by atoms with E-state index in [0.717, 1.165) is 0 Å². The number of aromatic nitrogens is 3. The fourth-order valence-corrected chi connectivity index (χ4v) is 1.62. The van der Waals surface area contributed by atoms with Crippen LogP contribution >= 0.6 is 0 Å². The average molecular weight is 281 g/mol. The number of nitrogens with one attached hydrogen (secondary N) is 2. The summed E-state index contributed by atoms with van der Waals surface area (Å²) >= 11 is 0. The molecule has 20 heavy (non-hydrogen) atoms. The molecule has 1 unspecified atom stereocenters. The van der Waals surface area contributed by atoms with Gasteiger partial charge in [0.1, 0.15) is 5.54 Å². The van der Waals surface area contributed by atoms with Crippen molar-refractivity contribution in [2.75, 3.05) is 5.32 Å². The summed E-state index contributed by atoms with van der Waals surface area (Å²) in [7, 11) is 0. The van der Waals surface area contributed by atoms with E-state index in [1.807, 2.05) is 6.92 Å². The van der Waals surface area contributed by atoms with Crippen LogP contribution in [0.25, 0.3) is 0 Å². The Morgan fingerprint density at radius 3 is 2.40 bits per heavy atom. The summed E-state index contributed by atoms with van der Waals surface area (Å²) in [6, 6.07) is -0.673. The molecule has 0 aliphatic heterocycles. The number of aliphatic carboxylic acids is 1. The van der Waals surface area contributed by atoms with Gasteiger partial charge in [-0.2, -0.15) is 5.10 Å². The number of carbonyl (C=O) groups excluding carboxylic acids is 1. The van der Waals surface area contributed by atoms with Crippen molar-refractivity contribution in [2.45, 2.75) is 46.1 Å². The fraction of sp³-hybridized carbons (Fsp3) is 0.583. The number of carboxylic acid groups (broad SMARTS) is 1. The van der Waals surface area contributed by atoms with Gasteiger partial charge in [0.05, 0.1) is 11.4 Å². The Labute approximate surface area is 117 Å². The number of hydrogen-bond acceptors (Lipinski definition) is 5. The number of carboxylic acids is 1. The normalized spacial score (nSPS) is 13.4. The third-order valence-corrected chi connectivity index (χ3v) is 2.93. The van der Waals surface area contributed by atoms with Gasteiger partial charge in [-0.15, -0.1) is 5.10 Å². The van der Waals surface area contributed by atoms with Crippen molar-refractivity contribution >= 4 is 17.9 Å². The Kier molecular flexibility index (Phi) is 4.95. The standard InChI is InChI=1S/C12H19N5O3/c1-5-6-12(4,9(18)19)15-11(20)14-10-13-7(2)8(3)16-17-10/h5-6H2,1-4H3,(H,18,19)(H2,13,14,15,17,20). The lowest BCUT2D eigenvalue weighted by atomic mass is 9.97. The van der Waals surface area contributed by atoms with Crippen LogP contribution in [0, 0.1) is 13.8 Å². The predicted octanol–water partition coefficient (Wildman–Crippen LogP) is 1.25. The molecule has 0 spiro atoms. The van der Waals surface area contributed by atoms with E-state index in [2.05, 4.69) is 25.8 Å². The second-order valence-corrected chi connectivity index (χ2v) is 4.77. The topological polar surface area (TPSA) is 117 Å². The number of anilines is 1. The van der Waals surface area contributed by atoms with Gasteiger partial charge >= 0.3 is 12.0 Å². The van der Waals surface area contributed by atoms with Crippen LogP contribution in [-0.2, 0) is 4.79 Å². The molecule has 8 heteroatoms. The highest BCUT2D eigenvalue weighted by atomic mass is 16.4. The van der Waals surface area contributed by atoms with Crippen molar-refractivity contribution < 1.29 is 14.7 Å². The van der Waals surface area contributed by atoms with Crippen LogP contribution in [0.1, 0.15) is 38.1 Å². The van der Waals surface area contributed by atoms with Crippen LogP contribution in [0.2, 0.25) is 0 Å². The molecule has 0 aromatic carbocycles.